The molecule has 2 aliphatic heterocycles. The van der Waals surface area contributed by atoms with Gasteiger partial charge in [-0.2, -0.15) is 0 Å². The van der Waals surface area contributed by atoms with Crippen LogP contribution in [0.4, 0.5) is 0 Å². The summed E-state index contributed by atoms with van der Waals surface area (Å²) in [7, 11) is 0. The molecule has 4 heterocycles. The number of hydrogen-bond acceptors (Lipinski definition) is 5. The summed E-state index contributed by atoms with van der Waals surface area (Å²) in [6, 6.07) is 2.10. The SMILES string of the molecule is CC(C)c1cc(C(=O)N2CC[C@H]3OCc4cnnn4[C@H]3C2)cs1. The van der Waals surface area contributed by atoms with Gasteiger partial charge in [-0.05, 0) is 18.4 Å². The van der Waals surface area contributed by atoms with Crippen molar-refractivity contribution in [3.05, 3.63) is 33.8 Å². The molecule has 1 fully saturated rings. The van der Waals surface area contributed by atoms with Gasteiger partial charge in [0.1, 0.15) is 0 Å². The number of hydrogen-bond donors (Lipinski definition) is 0. The molecule has 0 aliphatic carbocycles. The molecule has 0 bridgehead atoms. The Morgan fingerprint density at radius 1 is 1.48 bits per heavy atom. The quantitative estimate of drug-likeness (QED) is 0.847. The van der Waals surface area contributed by atoms with E-state index in [9.17, 15) is 4.79 Å². The van der Waals surface area contributed by atoms with E-state index in [1.165, 1.54) is 4.88 Å². The summed E-state index contributed by atoms with van der Waals surface area (Å²) in [5, 5.41) is 10.1. The molecule has 6 nitrogen and oxygen atoms in total. The zero-order valence-corrected chi connectivity index (χ0v) is 14.1. The Balaban J connectivity index is 1.54. The highest BCUT2D eigenvalue weighted by atomic mass is 32.1. The maximum atomic E-state index is 12.8. The molecule has 2 aliphatic rings. The third-order valence-electron chi connectivity index (χ3n) is 4.65. The summed E-state index contributed by atoms with van der Waals surface area (Å²) in [6.45, 7) is 6.22. The Kier molecular flexibility index (Phi) is 3.69. The lowest BCUT2D eigenvalue weighted by atomic mass is 9.99. The lowest BCUT2D eigenvalue weighted by Crippen LogP contribution is -2.49. The lowest BCUT2D eigenvalue weighted by molar-refractivity contribution is -0.0605. The molecular weight excluding hydrogens is 312 g/mol. The summed E-state index contributed by atoms with van der Waals surface area (Å²) in [6.07, 6.45) is 2.71. The molecule has 2 atom stereocenters. The van der Waals surface area contributed by atoms with Crippen molar-refractivity contribution in [1.82, 2.24) is 19.9 Å². The van der Waals surface area contributed by atoms with Gasteiger partial charge in [-0.25, -0.2) is 4.68 Å². The first kappa shape index (κ1) is 14.8. The van der Waals surface area contributed by atoms with Crippen molar-refractivity contribution < 1.29 is 9.53 Å². The van der Waals surface area contributed by atoms with Crippen molar-refractivity contribution in [3.63, 3.8) is 0 Å². The fraction of sp³-hybridized carbons (Fsp3) is 0.562. The number of carbonyl (C=O) groups is 1. The van der Waals surface area contributed by atoms with E-state index in [0.29, 0.717) is 19.1 Å². The van der Waals surface area contributed by atoms with Crippen LogP contribution in [-0.4, -0.2) is 45.0 Å². The van der Waals surface area contributed by atoms with Crippen molar-refractivity contribution in [3.8, 4) is 0 Å². The van der Waals surface area contributed by atoms with E-state index in [4.69, 9.17) is 4.74 Å². The number of rotatable bonds is 2. The molecule has 122 valence electrons. The van der Waals surface area contributed by atoms with Crippen LogP contribution in [-0.2, 0) is 11.3 Å². The zero-order chi connectivity index (χ0) is 16.0. The maximum absolute atomic E-state index is 12.8. The minimum atomic E-state index is 0.0714. The highest BCUT2D eigenvalue weighted by Gasteiger charge is 2.38. The molecule has 4 rings (SSSR count). The molecular formula is C16H20N4O2S. The number of piperidine rings is 1. The standard InChI is InChI=1S/C16H20N4O2S/c1-10(2)15-5-11(9-23-15)16(21)19-4-3-14-13(7-19)20-12(8-22-14)6-17-18-20/h5-6,9-10,13-14H,3-4,7-8H2,1-2H3/t13-,14+/m0/s1. The number of amides is 1. The Morgan fingerprint density at radius 3 is 3.13 bits per heavy atom. The number of likely N-dealkylation sites (tertiary alicyclic amines) is 1. The second kappa shape index (κ2) is 5.72. The Bertz CT molecular complexity index is 723. The van der Waals surface area contributed by atoms with Gasteiger partial charge in [-0.1, -0.05) is 19.1 Å². The lowest BCUT2D eigenvalue weighted by Gasteiger charge is -2.40. The van der Waals surface area contributed by atoms with E-state index in [1.807, 2.05) is 21.0 Å². The summed E-state index contributed by atoms with van der Waals surface area (Å²) >= 11 is 1.66. The number of carbonyl (C=O) groups excluding carboxylic acids is 1. The van der Waals surface area contributed by atoms with Crippen LogP contribution in [0.5, 0.6) is 0 Å². The van der Waals surface area contributed by atoms with Crippen molar-refractivity contribution in [2.75, 3.05) is 13.1 Å². The van der Waals surface area contributed by atoms with Crippen LogP contribution in [0.25, 0.3) is 0 Å². The molecule has 0 spiro atoms. The average molecular weight is 332 g/mol. The summed E-state index contributed by atoms with van der Waals surface area (Å²) in [5.41, 5.74) is 1.78. The van der Waals surface area contributed by atoms with Crippen molar-refractivity contribution >= 4 is 17.2 Å². The van der Waals surface area contributed by atoms with Crippen LogP contribution in [0.15, 0.2) is 17.6 Å². The number of aromatic nitrogens is 3. The fourth-order valence-electron chi connectivity index (χ4n) is 3.31. The molecule has 0 radical (unpaired) electrons. The molecule has 1 amide bonds. The third-order valence-corrected chi connectivity index (χ3v) is 5.88. The molecule has 2 aromatic rings. The van der Waals surface area contributed by atoms with Crippen LogP contribution in [0.2, 0.25) is 0 Å². The monoisotopic (exact) mass is 332 g/mol. The number of ether oxygens (including phenoxy) is 1. The van der Waals surface area contributed by atoms with E-state index in [0.717, 1.165) is 24.2 Å². The van der Waals surface area contributed by atoms with Crippen LogP contribution >= 0.6 is 11.3 Å². The third kappa shape index (κ3) is 2.57. The van der Waals surface area contributed by atoms with Crippen LogP contribution in [0, 0.1) is 0 Å². The van der Waals surface area contributed by atoms with E-state index < -0.39 is 0 Å². The largest absolute Gasteiger partial charge is 0.370 e. The number of thiophene rings is 1. The molecule has 0 aromatic carbocycles. The van der Waals surface area contributed by atoms with Crippen molar-refractivity contribution in [2.24, 2.45) is 0 Å². The van der Waals surface area contributed by atoms with E-state index in [1.54, 1.807) is 17.5 Å². The van der Waals surface area contributed by atoms with E-state index >= 15 is 0 Å². The van der Waals surface area contributed by atoms with Crippen LogP contribution in [0.1, 0.15) is 53.2 Å². The highest BCUT2D eigenvalue weighted by molar-refractivity contribution is 7.10. The van der Waals surface area contributed by atoms with E-state index in [-0.39, 0.29) is 18.1 Å². The first-order valence-corrected chi connectivity index (χ1v) is 8.90. The van der Waals surface area contributed by atoms with Crippen LogP contribution < -0.4 is 0 Å². The average Bonchev–Trinajstić information content (AvgIpc) is 3.22. The zero-order valence-electron chi connectivity index (χ0n) is 13.3. The van der Waals surface area contributed by atoms with Gasteiger partial charge in [0, 0.05) is 23.3 Å². The molecule has 23 heavy (non-hydrogen) atoms. The van der Waals surface area contributed by atoms with Crippen molar-refractivity contribution in [2.45, 2.75) is 44.9 Å². The van der Waals surface area contributed by atoms with E-state index in [2.05, 4.69) is 24.2 Å². The molecule has 0 saturated carbocycles. The van der Waals surface area contributed by atoms with Gasteiger partial charge < -0.3 is 9.64 Å². The predicted molar refractivity (Wildman–Crippen MR) is 86.6 cm³/mol. The highest BCUT2D eigenvalue weighted by Crippen LogP contribution is 2.31. The number of fused-ring (bicyclic) bond motifs is 3. The predicted octanol–water partition coefficient (Wildman–Crippen LogP) is 2.45. The Hall–Kier alpha value is -1.73. The fourth-order valence-corrected chi connectivity index (χ4v) is 4.21. The first-order valence-electron chi connectivity index (χ1n) is 8.02. The van der Waals surface area contributed by atoms with Gasteiger partial charge in [0.25, 0.3) is 5.91 Å². The van der Waals surface area contributed by atoms with Gasteiger partial charge in [-0.15, -0.1) is 16.4 Å². The Labute approximate surface area is 139 Å². The molecule has 0 N–H and O–H groups in total. The van der Waals surface area contributed by atoms with Gasteiger partial charge in [0.2, 0.25) is 0 Å². The summed E-state index contributed by atoms with van der Waals surface area (Å²) in [4.78, 5) is 16.0. The Morgan fingerprint density at radius 2 is 2.35 bits per heavy atom. The van der Waals surface area contributed by atoms with Gasteiger partial charge in [0.15, 0.2) is 0 Å². The second-order valence-corrected chi connectivity index (χ2v) is 7.46. The smallest absolute Gasteiger partial charge is 0.254 e. The van der Waals surface area contributed by atoms with Crippen molar-refractivity contribution in [1.29, 1.82) is 0 Å². The van der Waals surface area contributed by atoms with Gasteiger partial charge >= 0.3 is 0 Å². The summed E-state index contributed by atoms with van der Waals surface area (Å²) in [5.74, 6) is 0.565. The minimum Gasteiger partial charge on any atom is -0.370 e. The molecule has 2 aromatic heterocycles. The van der Waals surface area contributed by atoms with Gasteiger partial charge in [-0.3, -0.25) is 4.79 Å². The molecule has 7 heteroatoms. The number of nitrogens with zero attached hydrogens (tertiary/aromatic N) is 4. The topological polar surface area (TPSA) is 60.3 Å². The molecule has 1 saturated heterocycles. The first-order chi connectivity index (χ1) is 11.1. The van der Waals surface area contributed by atoms with Gasteiger partial charge in [0.05, 0.1) is 36.2 Å². The minimum absolute atomic E-state index is 0.0714. The summed E-state index contributed by atoms with van der Waals surface area (Å²) < 4.78 is 7.83. The molecule has 0 unspecified atom stereocenters. The maximum Gasteiger partial charge on any atom is 0.254 e. The normalized spacial score (nSPS) is 23.7. The van der Waals surface area contributed by atoms with Crippen LogP contribution in [0.3, 0.4) is 0 Å². The second-order valence-electron chi connectivity index (χ2n) is 6.52.